The van der Waals surface area contributed by atoms with Gasteiger partial charge in [0, 0.05) is 31.7 Å². The Bertz CT molecular complexity index is 578. The van der Waals surface area contributed by atoms with Crippen LogP contribution in [0.15, 0.2) is 12.1 Å². The largest absolute Gasteiger partial charge is 0.494 e. The van der Waals surface area contributed by atoms with E-state index in [4.69, 9.17) is 4.74 Å². The highest BCUT2D eigenvalue weighted by atomic mass is 19.2. The van der Waals surface area contributed by atoms with E-state index >= 15 is 0 Å². The molecule has 6 heteroatoms. The standard InChI is InChI=1S/C17H24F2N2O2/c1-5-12-10-20(8-9-21(12)11(2)3)17(22)13-6-7-14(23-4)16(19)15(13)18/h6-7,11-12H,5,8-10H2,1-4H3/t12-/m1/s1. The number of hydrogen-bond donors (Lipinski definition) is 0. The van der Waals surface area contributed by atoms with Gasteiger partial charge in [-0.1, -0.05) is 6.92 Å². The maximum absolute atomic E-state index is 14.1. The van der Waals surface area contributed by atoms with Gasteiger partial charge in [-0.25, -0.2) is 4.39 Å². The first-order valence-corrected chi connectivity index (χ1v) is 7.97. The molecule has 23 heavy (non-hydrogen) atoms. The fourth-order valence-corrected chi connectivity index (χ4v) is 3.12. The summed E-state index contributed by atoms with van der Waals surface area (Å²) in [5, 5.41) is 0. The fraction of sp³-hybridized carbons (Fsp3) is 0.588. The van der Waals surface area contributed by atoms with E-state index in [0.717, 1.165) is 13.0 Å². The first kappa shape index (κ1) is 17.7. The first-order chi connectivity index (χ1) is 10.9. The second-order valence-electron chi connectivity index (χ2n) is 6.09. The van der Waals surface area contributed by atoms with Gasteiger partial charge in [0.1, 0.15) is 0 Å². The van der Waals surface area contributed by atoms with Gasteiger partial charge in [0.25, 0.3) is 5.91 Å². The molecular formula is C17H24F2N2O2. The minimum atomic E-state index is -1.14. The van der Waals surface area contributed by atoms with E-state index in [9.17, 15) is 13.6 Å². The Balaban J connectivity index is 2.20. The number of ether oxygens (including phenoxy) is 1. The van der Waals surface area contributed by atoms with Gasteiger partial charge < -0.3 is 9.64 Å². The molecule has 1 fully saturated rings. The molecule has 0 N–H and O–H groups in total. The van der Waals surface area contributed by atoms with Gasteiger partial charge in [0.05, 0.1) is 12.7 Å². The number of amides is 1. The van der Waals surface area contributed by atoms with Crippen LogP contribution in [-0.4, -0.2) is 54.5 Å². The zero-order chi connectivity index (χ0) is 17.1. The molecular weight excluding hydrogens is 302 g/mol. The molecule has 1 atom stereocenters. The van der Waals surface area contributed by atoms with Gasteiger partial charge in [0.15, 0.2) is 11.6 Å². The lowest BCUT2D eigenvalue weighted by Crippen LogP contribution is -2.56. The van der Waals surface area contributed by atoms with E-state index in [1.165, 1.54) is 19.2 Å². The number of carbonyl (C=O) groups excluding carboxylic acids is 1. The maximum atomic E-state index is 14.1. The van der Waals surface area contributed by atoms with Crippen molar-refractivity contribution in [1.82, 2.24) is 9.80 Å². The quantitative estimate of drug-likeness (QED) is 0.853. The van der Waals surface area contributed by atoms with Crippen LogP contribution in [0.2, 0.25) is 0 Å². The van der Waals surface area contributed by atoms with Crippen molar-refractivity contribution < 1.29 is 18.3 Å². The van der Waals surface area contributed by atoms with Crippen molar-refractivity contribution in [2.24, 2.45) is 0 Å². The summed E-state index contributed by atoms with van der Waals surface area (Å²) < 4.78 is 32.7. The first-order valence-electron chi connectivity index (χ1n) is 7.97. The molecule has 1 heterocycles. The summed E-state index contributed by atoms with van der Waals surface area (Å²) in [6.07, 6.45) is 0.904. The number of hydrogen-bond acceptors (Lipinski definition) is 3. The van der Waals surface area contributed by atoms with Gasteiger partial charge in [-0.3, -0.25) is 9.69 Å². The van der Waals surface area contributed by atoms with Crippen molar-refractivity contribution in [3.8, 4) is 5.75 Å². The highest BCUT2D eigenvalue weighted by Gasteiger charge is 2.32. The zero-order valence-corrected chi connectivity index (χ0v) is 14.1. The van der Waals surface area contributed by atoms with Gasteiger partial charge in [0.2, 0.25) is 5.82 Å². The highest BCUT2D eigenvalue weighted by molar-refractivity contribution is 5.94. The summed E-state index contributed by atoms with van der Waals surface area (Å²) in [6, 6.07) is 3.20. The Morgan fingerprint density at radius 1 is 1.30 bits per heavy atom. The normalized spacial score (nSPS) is 19.3. The summed E-state index contributed by atoms with van der Waals surface area (Å²) in [4.78, 5) is 16.5. The van der Waals surface area contributed by atoms with Crippen molar-refractivity contribution >= 4 is 5.91 Å². The van der Waals surface area contributed by atoms with Crippen LogP contribution < -0.4 is 4.74 Å². The van der Waals surface area contributed by atoms with Gasteiger partial charge >= 0.3 is 0 Å². The monoisotopic (exact) mass is 326 g/mol. The van der Waals surface area contributed by atoms with Gasteiger partial charge in [-0.2, -0.15) is 4.39 Å². The molecule has 0 aromatic heterocycles. The predicted molar refractivity (Wildman–Crippen MR) is 84.7 cm³/mol. The molecule has 0 spiro atoms. The molecule has 0 unspecified atom stereocenters. The van der Waals surface area contributed by atoms with Crippen LogP contribution in [0.5, 0.6) is 5.75 Å². The summed E-state index contributed by atoms with van der Waals surface area (Å²) in [5.74, 6) is -2.93. The Labute approximate surface area is 136 Å². The summed E-state index contributed by atoms with van der Waals surface area (Å²) in [7, 11) is 1.26. The van der Waals surface area contributed by atoms with Crippen LogP contribution in [0.4, 0.5) is 8.78 Å². The third-order valence-corrected chi connectivity index (χ3v) is 4.45. The van der Waals surface area contributed by atoms with Crippen molar-refractivity contribution in [2.75, 3.05) is 26.7 Å². The van der Waals surface area contributed by atoms with Crippen LogP contribution in [-0.2, 0) is 0 Å². The number of piperazine rings is 1. The smallest absolute Gasteiger partial charge is 0.257 e. The number of carbonyl (C=O) groups is 1. The minimum absolute atomic E-state index is 0.199. The van der Waals surface area contributed by atoms with Crippen LogP contribution in [0.25, 0.3) is 0 Å². The molecule has 2 rings (SSSR count). The molecule has 128 valence electrons. The molecule has 0 aliphatic carbocycles. The molecule has 1 aromatic rings. The molecule has 1 aliphatic heterocycles. The highest BCUT2D eigenvalue weighted by Crippen LogP contribution is 2.24. The molecule has 1 saturated heterocycles. The topological polar surface area (TPSA) is 32.8 Å². The number of benzene rings is 1. The van der Waals surface area contributed by atoms with Crippen LogP contribution in [0.1, 0.15) is 37.6 Å². The van der Waals surface area contributed by atoms with Crippen molar-refractivity contribution in [3.05, 3.63) is 29.3 Å². The molecule has 4 nitrogen and oxygen atoms in total. The second-order valence-corrected chi connectivity index (χ2v) is 6.09. The van der Waals surface area contributed by atoms with E-state index in [2.05, 4.69) is 25.7 Å². The minimum Gasteiger partial charge on any atom is -0.494 e. The lowest BCUT2D eigenvalue weighted by Gasteiger charge is -2.43. The molecule has 1 amide bonds. The third-order valence-electron chi connectivity index (χ3n) is 4.45. The average molecular weight is 326 g/mol. The van der Waals surface area contributed by atoms with Crippen LogP contribution in [0.3, 0.4) is 0 Å². The summed E-state index contributed by atoms with van der Waals surface area (Å²) >= 11 is 0. The van der Waals surface area contributed by atoms with Gasteiger partial charge in [-0.15, -0.1) is 0 Å². The Morgan fingerprint density at radius 2 is 2.00 bits per heavy atom. The zero-order valence-electron chi connectivity index (χ0n) is 14.1. The molecule has 1 aliphatic rings. The SMILES string of the molecule is CC[C@@H]1CN(C(=O)c2ccc(OC)c(F)c2F)CCN1C(C)C. The van der Waals surface area contributed by atoms with E-state index in [0.29, 0.717) is 19.1 Å². The Kier molecular flexibility index (Phi) is 5.57. The maximum Gasteiger partial charge on any atom is 0.257 e. The second kappa shape index (κ2) is 7.25. The van der Waals surface area contributed by atoms with E-state index in [1.54, 1.807) is 4.90 Å². The number of nitrogens with zero attached hydrogens (tertiary/aromatic N) is 2. The van der Waals surface area contributed by atoms with Crippen LogP contribution in [0, 0.1) is 11.6 Å². The van der Waals surface area contributed by atoms with Gasteiger partial charge in [-0.05, 0) is 32.4 Å². The number of halogens is 2. The van der Waals surface area contributed by atoms with E-state index < -0.39 is 17.5 Å². The number of methoxy groups -OCH3 is 1. The van der Waals surface area contributed by atoms with Crippen molar-refractivity contribution in [1.29, 1.82) is 0 Å². The van der Waals surface area contributed by atoms with E-state index in [1.807, 2.05) is 0 Å². The average Bonchev–Trinajstić information content (AvgIpc) is 2.55. The number of rotatable bonds is 4. The van der Waals surface area contributed by atoms with Crippen LogP contribution >= 0.6 is 0 Å². The van der Waals surface area contributed by atoms with Crippen molar-refractivity contribution in [3.63, 3.8) is 0 Å². The summed E-state index contributed by atoms with van der Waals surface area (Å²) in [5.41, 5.74) is -0.240. The molecule has 0 radical (unpaired) electrons. The fourth-order valence-electron chi connectivity index (χ4n) is 3.12. The molecule has 1 aromatic carbocycles. The summed E-state index contributed by atoms with van der Waals surface area (Å²) in [6.45, 7) is 8.10. The third kappa shape index (κ3) is 3.47. The lowest BCUT2D eigenvalue weighted by molar-refractivity contribution is 0.0367. The predicted octanol–water partition coefficient (Wildman–Crippen LogP) is 2.92. The van der Waals surface area contributed by atoms with E-state index in [-0.39, 0.29) is 17.4 Å². The Hall–Kier alpha value is -1.69. The molecule has 0 saturated carbocycles. The Morgan fingerprint density at radius 3 is 2.57 bits per heavy atom. The molecule has 0 bridgehead atoms. The lowest BCUT2D eigenvalue weighted by atomic mass is 10.1. The van der Waals surface area contributed by atoms with Crippen molar-refractivity contribution in [2.45, 2.75) is 39.3 Å².